The SMILES string of the molecule is CCNC(=O)C(C)(C)C1CC1. The predicted octanol–water partition coefficient (Wildman–Crippen LogP) is 1.56. The molecule has 1 fully saturated rings. The molecule has 0 spiro atoms. The molecule has 1 aliphatic rings. The van der Waals surface area contributed by atoms with Crippen LogP contribution in [-0.4, -0.2) is 12.5 Å². The van der Waals surface area contributed by atoms with E-state index in [2.05, 4.69) is 5.32 Å². The zero-order chi connectivity index (χ0) is 8.48. The van der Waals surface area contributed by atoms with Gasteiger partial charge in [-0.25, -0.2) is 0 Å². The van der Waals surface area contributed by atoms with Gasteiger partial charge in [-0.15, -0.1) is 0 Å². The van der Waals surface area contributed by atoms with E-state index in [0.29, 0.717) is 5.92 Å². The molecule has 0 atom stereocenters. The summed E-state index contributed by atoms with van der Waals surface area (Å²) in [5.74, 6) is 0.844. The Morgan fingerprint density at radius 1 is 1.55 bits per heavy atom. The zero-order valence-corrected chi connectivity index (χ0v) is 7.61. The Bertz CT molecular complexity index is 159. The lowest BCUT2D eigenvalue weighted by Crippen LogP contribution is -2.38. The summed E-state index contributed by atoms with van der Waals surface area (Å²) in [6, 6.07) is 0. The molecule has 0 aliphatic heterocycles. The van der Waals surface area contributed by atoms with E-state index in [-0.39, 0.29) is 11.3 Å². The van der Waals surface area contributed by atoms with Crippen molar-refractivity contribution in [2.24, 2.45) is 11.3 Å². The van der Waals surface area contributed by atoms with Crippen LogP contribution in [0.2, 0.25) is 0 Å². The number of nitrogens with one attached hydrogen (secondary N) is 1. The molecule has 1 amide bonds. The molecule has 2 heteroatoms. The topological polar surface area (TPSA) is 29.1 Å². The second-order valence-electron chi connectivity index (χ2n) is 3.86. The normalized spacial score (nSPS) is 18.1. The average molecular weight is 155 g/mol. The fourth-order valence-corrected chi connectivity index (χ4v) is 1.38. The monoisotopic (exact) mass is 155 g/mol. The highest BCUT2D eigenvalue weighted by molar-refractivity contribution is 5.82. The van der Waals surface area contributed by atoms with E-state index < -0.39 is 0 Å². The van der Waals surface area contributed by atoms with Crippen LogP contribution < -0.4 is 5.32 Å². The maximum absolute atomic E-state index is 11.4. The first kappa shape index (κ1) is 8.57. The zero-order valence-electron chi connectivity index (χ0n) is 7.61. The lowest BCUT2D eigenvalue weighted by Gasteiger charge is -2.22. The fourth-order valence-electron chi connectivity index (χ4n) is 1.38. The Hall–Kier alpha value is -0.530. The summed E-state index contributed by atoms with van der Waals surface area (Å²) in [7, 11) is 0. The fraction of sp³-hybridized carbons (Fsp3) is 0.889. The lowest BCUT2D eigenvalue weighted by molar-refractivity contribution is -0.130. The van der Waals surface area contributed by atoms with Crippen LogP contribution >= 0.6 is 0 Å². The Morgan fingerprint density at radius 3 is 2.45 bits per heavy atom. The quantitative estimate of drug-likeness (QED) is 0.658. The van der Waals surface area contributed by atoms with Gasteiger partial charge in [0.15, 0.2) is 0 Å². The third kappa shape index (κ3) is 1.73. The van der Waals surface area contributed by atoms with Gasteiger partial charge in [-0.1, -0.05) is 13.8 Å². The van der Waals surface area contributed by atoms with Crippen LogP contribution in [0.1, 0.15) is 33.6 Å². The number of carbonyl (C=O) groups is 1. The van der Waals surface area contributed by atoms with Crippen LogP contribution in [0.25, 0.3) is 0 Å². The molecule has 0 heterocycles. The van der Waals surface area contributed by atoms with Crippen LogP contribution in [0.4, 0.5) is 0 Å². The third-order valence-electron chi connectivity index (χ3n) is 2.52. The summed E-state index contributed by atoms with van der Waals surface area (Å²) in [4.78, 5) is 11.4. The maximum Gasteiger partial charge on any atom is 0.225 e. The molecule has 0 radical (unpaired) electrons. The van der Waals surface area contributed by atoms with E-state index in [1.807, 2.05) is 20.8 Å². The number of carbonyl (C=O) groups excluding carboxylic acids is 1. The van der Waals surface area contributed by atoms with Crippen molar-refractivity contribution in [3.05, 3.63) is 0 Å². The number of hydrogen-bond donors (Lipinski definition) is 1. The molecule has 1 aliphatic carbocycles. The van der Waals surface area contributed by atoms with Crippen molar-refractivity contribution in [1.29, 1.82) is 0 Å². The molecule has 0 unspecified atom stereocenters. The van der Waals surface area contributed by atoms with E-state index in [0.717, 1.165) is 6.54 Å². The molecule has 11 heavy (non-hydrogen) atoms. The smallest absolute Gasteiger partial charge is 0.225 e. The number of hydrogen-bond acceptors (Lipinski definition) is 1. The van der Waals surface area contributed by atoms with E-state index >= 15 is 0 Å². The third-order valence-corrected chi connectivity index (χ3v) is 2.52. The van der Waals surface area contributed by atoms with Crippen LogP contribution in [-0.2, 0) is 4.79 Å². The van der Waals surface area contributed by atoms with E-state index in [1.165, 1.54) is 12.8 Å². The van der Waals surface area contributed by atoms with Crippen molar-refractivity contribution in [1.82, 2.24) is 5.32 Å². The highest BCUT2D eigenvalue weighted by Gasteiger charge is 2.42. The van der Waals surface area contributed by atoms with Gasteiger partial charge in [0.25, 0.3) is 0 Å². The minimum Gasteiger partial charge on any atom is -0.356 e. The Labute approximate surface area is 68.4 Å². The molecule has 0 aromatic carbocycles. The minimum atomic E-state index is -0.129. The van der Waals surface area contributed by atoms with E-state index in [9.17, 15) is 4.79 Å². The van der Waals surface area contributed by atoms with Gasteiger partial charge in [0.2, 0.25) is 5.91 Å². The predicted molar refractivity (Wildman–Crippen MR) is 45.2 cm³/mol. The van der Waals surface area contributed by atoms with Gasteiger partial charge in [-0.2, -0.15) is 0 Å². The Balaban J connectivity index is 2.48. The second-order valence-corrected chi connectivity index (χ2v) is 3.86. The molecule has 0 aromatic rings. The minimum absolute atomic E-state index is 0.129. The summed E-state index contributed by atoms with van der Waals surface area (Å²) in [5.41, 5.74) is -0.129. The molecule has 0 aromatic heterocycles. The van der Waals surface area contributed by atoms with Crippen molar-refractivity contribution in [2.45, 2.75) is 33.6 Å². The van der Waals surface area contributed by atoms with Crippen LogP contribution in [0.5, 0.6) is 0 Å². The largest absolute Gasteiger partial charge is 0.356 e. The molecule has 0 saturated heterocycles. The Morgan fingerprint density at radius 2 is 2.09 bits per heavy atom. The van der Waals surface area contributed by atoms with Gasteiger partial charge < -0.3 is 5.32 Å². The number of rotatable bonds is 3. The van der Waals surface area contributed by atoms with Crippen LogP contribution in [0.15, 0.2) is 0 Å². The highest BCUT2D eigenvalue weighted by atomic mass is 16.2. The molecule has 2 nitrogen and oxygen atoms in total. The molecule has 64 valence electrons. The second kappa shape index (κ2) is 2.84. The van der Waals surface area contributed by atoms with Gasteiger partial charge >= 0.3 is 0 Å². The van der Waals surface area contributed by atoms with E-state index in [4.69, 9.17) is 0 Å². The van der Waals surface area contributed by atoms with Crippen molar-refractivity contribution in [2.75, 3.05) is 6.54 Å². The molecule has 0 bridgehead atoms. The van der Waals surface area contributed by atoms with Crippen molar-refractivity contribution in [3.8, 4) is 0 Å². The average Bonchev–Trinajstić information content (AvgIpc) is 2.68. The summed E-state index contributed by atoms with van der Waals surface area (Å²) >= 11 is 0. The van der Waals surface area contributed by atoms with Gasteiger partial charge in [-0.3, -0.25) is 4.79 Å². The van der Waals surface area contributed by atoms with Crippen molar-refractivity contribution >= 4 is 5.91 Å². The standard InChI is InChI=1S/C9H17NO/c1-4-10-8(11)9(2,3)7-5-6-7/h7H,4-6H2,1-3H3,(H,10,11). The first-order valence-corrected chi connectivity index (χ1v) is 4.37. The Kier molecular flexibility index (Phi) is 2.21. The molecule has 1 rings (SSSR count). The lowest BCUT2D eigenvalue weighted by atomic mass is 9.86. The molecule has 1 saturated carbocycles. The summed E-state index contributed by atoms with van der Waals surface area (Å²) in [5, 5.41) is 2.87. The molecular weight excluding hydrogens is 138 g/mol. The summed E-state index contributed by atoms with van der Waals surface area (Å²) in [6.07, 6.45) is 2.45. The van der Waals surface area contributed by atoms with Crippen molar-refractivity contribution in [3.63, 3.8) is 0 Å². The van der Waals surface area contributed by atoms with Crippen LogP contribution in [0, 0.1) is 11.3 Å². The first-order chi connectivity index (χ1) is 5.09. The molecular formula is C9H17NO. The maximum atomic E-state index is 11.4. The summed E-state index contributed by atoms with van der Waals surface area (Å²) < 4.78 is 0. The van der Waals surface area contributed by atoms with Gasteiger partial charge in [0.05, 0.1) is 0 Å². The van der Waals surface area contributed by atoms with Gasteiger partial charge in [0, 0.05) is 12.0 Å². The van der Waals surface area contributed by atoms with Crippen LogP contribution in [0.3, 0.4) is 0 Å². The first-order valence-electron chi connectivity index (χ1n) is 4.37. The van der Waals surface area contributed by atoms with Gasteiger partial charge in [0.1, 0.15) is 0 Å². The van der Waals surface area contributed by atoms with Crippen molar-refractivity contribution < 1.29 is 4.79 Å². The molecule has 1 N–H and O–H groups in total. The number of amides is 1. The van der Waals surface area contributed by atoms with Gasteiger partial charge in [-0.05, 0) is 25.7 Å². The summed E-state index contributed by atoms with van der Waals surface area (Å²) in [6.45, 7) is 6.78. The highest BCUT2D eigenvalue weighted by Crippen LogP contribution is 2.45. The van der Waals surface area contributed by atoms with E-state index in [1.54, 1.807) is 0 Å².